The highest BCUT2D eigenvalue weighted by molar-refractivity contribution is 6.30. The second kappa shape index (κ2) is 11.1. The molecule has 3 aromatic carbocycles. The zero-order valence-electron chi connectivity index (χ0n) is 17.7. The van der Waals surface area contributed by atoms with E-state index in [1.807, 2.05) is 60.7 Å². The van der Waals surface area contributed by atoms with Gasteiger partial charge in [0.25, 0.3) is 0 Å². The average molecular weight is 441 g/mol. The number of benzene rings is 3. The molecule has 0 saturated heterocycles. The molecule has 0 heterocycles. The normalized spacial score (nSPS) is 10.7. The highest BCUT2D eigenvalue weighted by Gasteiger charge is 2.06. The van der Waals surface area contributed by atoms with Crippen molar-refractivity contribution in [3.63, 3.8) is 0 Å². The molecule has 31 heavy (non-hydrogen) atoms. The quantitative estimate of drug-likeness (QED) is 0.352. The van der Waals surface area contributed by atoms with E-state index in [2.05, 4.69) is 10.5 Å². The Morgan fingerprint density at radius 3 is 2.29 bits per heavy atom. The topological polar surface area (TPSA) is 61.3 Å². The maximum Gasteiger partial charge on any atom is 0.161 e. The van der Waals surface area contributed by atoms with Crippen LogP contribution < -0.4 is 24.4 Å². The average Bonchev–Trinajstić information content (AvgIpc) is 2.80. The molecular formula is C24H25ClN2O4. The van der Waals surface area contributed by atoms with Crippen LogP contribution >= 0.6 is 11.6 Å². The lowest BCUT2D eigenvalue weighted by molar-refractivity contribution is 0.284. The molecule has 0 fully saturated rings. The van der Waals surface area contributed by atoms with Crippen molar-refractivity contribution in [3.8, 4) is 23.0 Å². The van der Waals surface area contributed by atoms with Gasteiger partial charge in [-0.25, -0.2) is 0 Å². The summed E-state index contributed by atoms with van der Waals surface area (Å²) in [4.78, 5) is 0. The van der Waals surface area contributed by atoms with Gasteiger partial charge in [0.05, 0.1) is 34.1 Å². The smallest absolute Gasteiger partial charge is 0.161 e. The summed E-state index contributed by atoms with van der Waals surface area (Å²) in [7, 11) is 4.84. The summed E-state index contributed by atoms with van der Waals surface area (Å²) >= 11 is 6.02. The number of methoxy groups -OCH3 is 3. The summed E-state index contributed by atoms with van der Waals surface area (Å²) in [5, 5.41) is 4.97. The molecule has 7 heteroatoms. The molecule has 0 aromatic heterocycles. The first kappa shape index (κ1) is 22.3. The fraction of sp³-hybridized carbons (Fsp3) is 0.208. The largest absolute Gasteiger partial charge is 0.493 e. The first-order chi connectivity index (χ1) is 15.1. The highest BCUT2D eigenvalue weighted by atomic mass is 35.5. The van der Waals surface area contributed by atoms with E-state index >= 15 is 0 Å². The van der Waals surface area contributed by atoms with Crippen LogP contribution in [-0.4, -0.2) is 27.5 Å². The molecule has 0 radical (unpaired) electrons. The second-order valence-electron chi connectivity index (χ2n) is 6.61. The zero-order valence-corrected chi connectivity index (χ0v) is 18.5. The van der Waals surface area contributed by atoms with E-state index in [1.165, 1.54) is 0 Å². The van der Waals surface area contributed by atoms with Crippen LogP contribution in [0.2, 0.25) is 5.02 Å². The van der Waals surface area contributed by atoms with Crippen LogP contribution in [0.15, 0.2) is 65.8 Å². The lowest BCUT2D eigenvalue weighted by Gasteiger charge is -2.11. The van der Waals surface area contributed by atoms with Crippen LogP contribution in [0.25, 0.3) is 0 Å². The monoisotopic (exact) mass is 440 g/mol. The minimum Gasteiger partial charge on any atom is -0.493 e. The van der Waals surface area contributed by atoms with Gasteiger partial charge < -0.3 is 24.4 Å². The van der Waals surface area contributed by atoms with Crippen LogP contribution in [0.4, 0.5) is 0 Å². The minimum absolute atomic E-state index is 0.400. The van der Waals surface area contributed by atoms with Gasteiger partial charge in [0.1, 0.15) is 6.61 Å². The third kappa shape index (κ3) is 6.30. The van der Waals surface area contributed by atoms with Gasteiger partial charge in [-0.1, -0.05) is 29.8 Å². The number of ether oxygens (including phenoxy) is 4. The van der Waals surface area contributed by atoms with Crippen molar-refractivity contribution >= 4 is 17.8 Å². The van der Waals surface area contributed by atoms with Crippen molar-refractivity contribution in [2.24, 2.45) is 5.10 Å². The lowest BCUT2D eigenvalue weighted by atomic mass is 10.2. The van der Waals surface area contributed by atoms with E-state index in [1.54, 1.807) is 27.5 Å². The number of nitrogens with zero attached hydrogens (tertiary/aromatic N) is 1. The van der Waals surface area contributed by atoms with E-state index in [4.69, 9.17) is 30.5 Å². The molecule has 3 rings (SSSR count). The summed E-state index contributed by atoms with van der Waals surface area (Å²) in [6.45, 7) is 0.950. The summed E-state index contributed by atoms with van der Waals surface area (Å²) in [5.74, 6) is 2.66. The Morgan fingerprint density at radius 1 is 0.806 bits per heavy atom. The van der Waals surface area contributed by atoms with Crippen LogP contribution in [0, 0.1) is 0 Å². The Morgan fingerprint density at radius 2 is 1.55 bits per heavy atom. The molecule has 0 unspecified atom stereocenters. The number of hydrazone groups is 1. The van der Waals surface area contributed by atoms with E-state index < -0.39 is 0 Å². The van der Waals surface area contributed by atoms with Gasteiger partial charge >= 0.3 is 0 Å². The van der Waals surface area contributed by atoms with E-state index in [0.29, 0.717) is 41.2 Å². The standard InChI is InChI=1S/C24H25ClN2O4/c1-28-21-9-7-17(12-23(21)29-2)14-26-27-15-18-8-10-22(24(13-18)30-3)31-16-19-5-4-6-20(25)11-19/h4-13,15,26H,14,16H2,1-3H3/b27-15+. The van der Waals surface area contributed by atoms with Gasteiger partial charge in [-0.3, -0.25) is 0 Å². The SMILES string of the molecule is COc1ccc(CN/N=C/c2ccc(OCc3cccc(Cl)c3)c(OC)c2)cc1OC. The Bertz CT molecular complexity index is 1040. The van der Waals surface area contributed by atoms with E-state index in [9.17, 15) is 0 Å². The van der Waals surface area contributed by atoms with Gasteiger partial charge in [-0.15, -0.1) is 0 Å². The molecule has 0 atom stereocenters. The summed E-state index contributed by atoms with van der Waals surface area (Å²) < 4.78 is 21.9. The number of halogens is 1. The van der Waals surface area contributed by atoms with Gasteiger partial charge in [0, 0.05) is 5.02 Å². The third-order valence-electron chi connectivity index (χ3n) is 4.51. The Hall–Kier alpha value is -3.38. The zero-order chi connectivity index (χ0) is 22.1. The van der Waals surface area contributed by atoms with E-state index in [-0.39, 0.29) is 0 Å². The van der Waals surface area contributed by atoms with Crippen LogP contribution in [0.1, 0.15) is 16.7 Å². The van der Waals surface area contributed by atoms with Crippen molar-refractivity contribution < 1.29 is 18.9 Å². The summed E-state index contributed by atoms with van der Waals surface area (Å²) in [6.07, 6.45) is 1.73. The maximum atomic E-state index is 6.02. The van der Waals surface area contributed by atoms with Gasteiger partial charge in [-0.05, 0) is 59.2 Å². The second-order valence-corrected chi connectivity index (χ2v) is 7.05. The number of rotatable bonds is 10. The Kier molecular flexibility index (Phi) is 8.01. The predicted octanol–water partition coefficient (Wildman–Crippen LogP) is 5.07. The molecule has 3 aromatic rings. The van der Waals surface area contributed by atoms with Crippen LogP contribution in [0.3, 0.4) is 0 Å². The van der Waals surface area contributed by atoms with Gasteiger partial charge in [0.15, 0.2) is 23.0 Å². The summed E-state index contributed by atoms with van der Waals surface area (Å²) in [6, 6.07) is 18.9. The molecule has 6 nitrogen and oxygen atoms in total. The summed E-state index contributed by atoms with van der Waals surface area (Å²) in [5.41, 5.74) is 5.92. The van der Waals surface area contributed by atoms with Crippen molar-refractivity contribution in [1.29, 1.82) is 0 Å². The number of hydrogen-bond donors (Lipinski definition) is 1. The number of hydrogen-bond acceptors (Lipinski definition) is 6. The molecule has 0 spiro atoms. The maximum absolute atomic E-state index is 6.02. The molecular weight excluding hydrogens is 416 g/mol. The van der Waals surface area contributed by atoms with Gasteiger partial charge in [-0.2, -0.15) is 5.10 Å². The predicted molar refractivity (Wildman–Crippen MR) is 123 cm³/mol. The minimum atomic E-state index is 0.400. The third-order valence-corrected chi connectivity index (χ3v) is 4.74. The highest BCUT2D eigenvalue weighted by Crippen LogP contribution is 2.29. The van der Waals surface area contributed by atoms with Crippen molar-refractivity contribution in [2.45, 2.75) is 13.2 Å². The molecule has 1 N–H and O–H groups in total. The molecule has 0 aliphatic rings. The lowest BCUT2D eigenvalue weighted by Crippen LogP contribution is -2.06. The molecule has 0 aliphatic heterocycles. The molecule has 0 saturated carbocycles. The van der Waals surface area contributed by atoms with Gasteiger partial charge in [0.2, 0.25) is 0 Å². The molecule has 162 valence electrons. The van der Waals surface area contributed by atoms with Crippen LogP contribution in [0.5, 0.6) is 23.0 Å². The fourth-order valence-electron chi connectivity index (χ4n) is 2.92. The van der Waals surface area contributed by atoms with Crippen molar-refractivity contribution in [2.75, 3.05) is 21.3 Å². The molecule has 0 amide bonds. The Balaban J connectivity index is 1.58. The van der Waals surface area contributed by atoms with E-state index in [0.717, 1.165) is 16.7 Å². The van der Waals surface area contributed by atoms with Crippen LogP contribution in [-0.2, 0) is 13.2 Å². The molecule has 0 bridgehead atoms. The first-order valence-electron chi connectivity index (χ1n) is 9.65. The van der Waals surface area contributed by atoms with Crippen molar-refractivity contribution in [3.05, 3.63) is 82.4 Å². The fourth-order valence-corrected chi connectivity index (χ4v) is 3.13. The first-order valence-corrected chi connectivity index (χ1v) is 10.0. The van der Waals surface area contributed by atoms with Crippen molar-refractivity contribution in [1.82, 2.24) is 5.43 Å². The number of nitrogens with one attached hydrogen (secondary N) is 1. The Labute approximate surface area is 187 Å². The molecule has 0 aliphatic carbocycles.